The van der Waals surface area contributed by atoms with Gasteiger partial charge in [0.2, 0.25) is 0 Å². The summed E-state index contributed by atoms with van der Waals surface area (Å²) in [5, 5.41) is 4.98. The molecule has 0 amide bonds. The predicted molar refractivity (Wildman–Crippen MR) is 118 cm³/mol. The van der Waals surface area contributed by atoms with Gasteiger partial charge in [0.05, 0.1) is 21.8 Å². The number of benzene rings is 2. The molecule has 2 aromatic heterocycles. The lowest BCUT2D eigenvalue weighted by molar-refractivity contribution is 0.274. The Morgan fingerprint density at radius 3 is 3.03 bits per heavy atom. The number of H-pyrrole nitrogens is 1. The van der Waals surface area contributed by atoms with Gasteiger partial charge in [-0.1, -0.05) is 29.8 Å². The molecule has 0 radical (unpaired) electrons. The van der Waals surface area contributed by atoms with Crippen LogP contribution in [0.5, 0.6) is 5.75 Å². The summed E-state index contributed by atoms with van der Waals surface area (Å²) in [7, 11) is 0. The van der Waals surface area contributed by atoms with Crippen LogP contribution in [-0.2, 0) is 0 Å². The van der Waals surface area contributed by atoms with Gasteiger partial charge >= 0.3 is 0 Å². The van der Waals surface area contributed by atoms with Crippen molar-refractivity contribution < 1.29 is 9.13 Å². The van der Waals surface area contributed by atoms with Gasteiger partial charge in [-0.2, -0.15) is 0 Å². The highest BCUT2D eigenvalue weighted by Crippen LogP contribution is 2.48. The highest BCUT2D eigenvalue weighted by atomic mass is 35.5. The summed E-state index contributed by atoms with van der Waals surface area (Å²) in [6.07, 6.45) is 2.93. The molecule has 0 unspecified atom stereocenters. The van der Waals surface area contributed by atoms with E-state index in [2.05, 4.69) is 25.2 Å². The van der Waals surface area contributed by atoms with E-state index < -0.39 is 5.82 Å². The lowest BCUT2D eigenvalue weighted by Crippen LogP contribution is -2.53. The number of piperazine rings is 1. The van der Waals surface area contributed by atoms with Crippen molar-refractivity contribution in [1.82, 2.24) is 20.3 Å². The fraction of sp³-hybridized carbons (Fsp3) is 0.227. The molecule has 156 valence electrons. The molecule has 4 heterocycles. The van der Waals surface area contributed by atoms with Crippen LogP contribution >= 0.6 is 11.6 Å². The number of hydrogen-bond acceptors (Lipinski definition) is 6. The van der Waals surface area contributed by atoms with Crippen LogP contribution in [0.1, 0.15) is 0 Å². The molecule has 1 fully saturated rings. The summed E-state index contributed by atoms with van der Waals surface area (Å²) < 4.78 is 22.1. The maximum absolute atomic E-state index is 16.0. The zero-order chi connectivity index (χ0) is 21.1. The molecular formula is C22H17ClFN5O2. The number of hydrogen-bond donors (Lipinski definition) is 2. The number of halogens is 2. The van der Waals surface area contributed by atoms with Crippen molar-refractivity contribution in [2.45, 2.75) is 6.04 Å². The van der Waals surface area contributed by atoms with E-state index in [1.165, 1.54) is 6.33 Å². The lowest BCUT2D eigenvalue weighted by Gasteiger charge is -2.35. The Morgan fingerprint density at radius 2 is 2.13 bits per heavy atom. The Hall–Kier alpha value is -3.23. The van der Waals surface area contributed by atoms with Gasteiger partial charge in [-0.3, -0.25) is 4.79 Å². The van der Waals surface area contributed by atoms with E-state index in [-0.39, 0.29) is 27.7 Å². The summed E-state index contributed by atoms with van der Waals surface area (Å²) in [5.41, 5.74) is 0.312. The summed E-state index contributed by atoms with van der Waals surface area (Å²) >= 11 is 6.79. The third kappa shape index (κ3) is 2.65. The Morgan fingerprint density at radius 1 is 1.23 bits per heavy atom. The second-order valence-corrected chi connectivity index (χ2v) is 8.07. The summed E-state index contributed by atoms with van der Waals surface area (Å²) in [4.78, 5) is 26.1. The molecule has 0 bridgehead atoms. The molecule has 1 atom stereocenters. The van der Waals surface area contributed by atoms with Gasteiger partial charge in [-0.25, -0.2) is 14.4 Å². The molecule has 1 saturated heterocycles. The van der Waals surface area contributed by atoms with Crippen LogP contribution in [0.3, 0.4) is 0 Å². The Labute approximate surface area is 180 Å². The molecule has 7 nitrogen and oxygen atoms in total. The van der Waals surface area contributed by atoms with Gasteiger partial charge in [0.1, 0.15) is 24.3 Å². The number of rotatable bonds is 1. The van der Waals surface area contributed by atoms with Crippen LogP contribution < -0.4 is 20.5 Å². The quantitative estimate of drug-likeness (QED) is 0.476. The fourth-order valence-electron chi connectivity index (χ4n) is 4.60. The molecule has 9 heteroatoms. The number of aromatic nitrogens is 3. The zero-order valence-corrected chi connectivity index (χ0v) is 17.0. The van der Waals surface area contributed by atoms with Crippen molar-refractivity contribution in [1.29, 1.82) is 0 Å². The minimum absolute atomic E-state index is 0.0437. The minimum atomic E-state index is -0.597. The average molecular weight is 438 g/mol. The van der Waals surface area contributed by atoms with Gasteiger partial charge in [-0.15, -0.1) is 0 Å². The number of anilines is 1. The zero-order valence-electron chi connectivity index (χ0n) is 16.3. The van der Waals surface area contributed by atoms with Crippen LogP contribution in [0.15, 0.2) is 41.6 Å². The van der Waals surface area contributed by atoms with E-state index in [4.69, 9.17) is 16.3 Å². The normalized spacial score (nSPS) is 18.0. The van der Waals surface area contributed by atoms with Crippen LogP contribution in [0.2, 0.25) is 5.02 Å². The van der Waals surface area contributed by atoms with Crippen molar-refractivity contribution in [3.63, 3.8) is 0 Å². The fourth-order valence-corrected chi connectivity index (χ4v) is 4.93. The molecule has 0 aliphatic carbocycles. The first kappa shape index (κ1) is 18.5. The molecule has 0 saturated carbocycles. The van der Waals surface area contributed by atoms with Gasteiger partial charge in [-0.05, 0) is 17.0 Å². The molecule has 6 rings (SSSR count). The van der Waals surface area contributed by atoms with E-state index in [0.29, 0.717) is 39.9 Å². The predicted octanol–water partition coefficient (Wildman–Crippen LogP) is 3.10. The maximum atomic E-state index is 16.0. The lowest BCUT2D eigenvalue weighted by atomic mass is 9.97. The third-order valence-corrected chi connectivity index (χ3v) is 6.37. The summed E-state index contributed by atoms with van der Waals surface area (Å²) in [5.74, 6) is 0.370. The topological polar surface area (TPSA) is 83.1 Å². The molecule has 2 aromatic carbocycles. The Kier molecular flexibility index (Phi) is 4.12. The molecule has 0 spiro atoms. The average Bonchev–Trinajstić information content (AvgIpc) is 2.96. The van der Waals surface area contributed by atoms with Gasteiger partial charge in [0, 0.05) is 31.4 Å². The maximum Gasteiger partial charge on any atom is 0.256 e. The Balaban J connectivity index is 1.71. The van der Waals surface area contributed by atoms with E-state index in [0.717, 1.165) is 19.6 Å². The molecule has 4 aromatic rings. The molecule has 2 aliphatic rings. The van der Waals surface area contributed by atoms with E-state index in [9.17, 15) is 4.79 Å². The van der Waals surface area contributed by atoms with E-state index in [1.54, 1.807) is 30.5 Å². The number of ether oxygens (including phenoxy) is 1. The summed E-state index contributed by atoms with van der Waals surface area (Å²) in [6, 6.07) is 7.07. The number of nitrogens with zero attached hydrogens (tertiary/aromatic N) is 3. The second kappa shape index (κ2) is 6.90. The van der Waals surface area contributed by atoms with Crippen molar-refractivity contribution in [2.75, 3.05) is 31.1 Å². The number of fused-ring (bicyclic) bond motifs is 3. The van der Waals surface area contributed by atoms with Crippen molar-refractivity contribution >= 4 is 39.1 Å². The highest BCUT2D eigenvalue weighted by molar-refractivity contribution is 6.37. The van der Waals surface area contributed by atoms with Gasteiger partial charge in [0.25, 0.3) is 5.56 Å². The SMILES string of the molecule is O=c1[nH]ccc2cccc(-c3c(Cl)c4c5c(ncnc5c3F)N3CCNC[C@H]3CO4)c12. The number of nitrogens with one attached hydrogen (secondary N) is 2. The number of aromatic amines is 1. The molecule has 2 aliphatic heterocycles. The van der Waals surface area contributed by atoms with Crippen LogP contribution in [0, 0.1) is 5.82 Å². The monoisotopic (exact) mass is 437 g/mol. The molecule has 31 heavy (non-hydrogen) atoms. The van der Waals surface area contributed by atoms with Crippen LogP contribution in [0.25, 0.3) is 32.8 Å². The molecule has 2 N–H and O–H groups in total. The minimum Gasteiger partial charge on any atom is -0.489 e. The van der Waals surface area contributed by atoms with Crippen molar-refractivity contribution in [3.05, 3.63) is 58.0 Å². The first-order valence-electron chi connectivity index (χ1n) is 10.0. The largest absolute Gasteiger partial charge is 0.489 e. The third-order valence-electron chi connectivity index (χ3n) is 6.01. The van der Waals surface area contributed by atoms with Gasteiger partial charge < -0.3 is 19.9 Å². The van der Waals surface area contributed by atoms with E-state index in [1.807, 2.05) is 0 Å². The Bertz CT molecular complexity index is 1420. The van der Waals surface area contributed by atoms with Crippen LogP contribution in [0.4, 0.5) is 10.2 Å². The van der Waals surface area contributed by atoms with Gasteiger partial charge in [0.15, 0.2) is 11.6 Å². The molecular weight excluding hydrogens is 421 g/mol. The summed E-state index contributed by atoms with van der Waals surface area (Å²) in [6.45, 7) is 2.62. The smallest absolute Gasteiger partial charge is 0.256 e. The highest BCUT2D eigenvalue weighted by Gasteiger charge is 2.34. The van der Waals surface area contributed by atoms with Crippen molar-refractivity contribution in [3.8, 4) is 16.9 Å². The van der Waals surface area contributed by atoms with Crippen molar-refractivity contribution in [2.24, 2.45) is 0 Å². The number of pyridine rings is 1. The standard InChI is InChI=1S/C22H17ClFN5O2/c23-17-15(13-3-1-2-11-4-5-26-22(30)14(11)13)18(24)19-16-20(17)31-9-12-8-25-6-7-29(12)21(16)28-10-27-19/h1-5,10,12,25H,6-9H2,(H,26,30)/t12-/m0/s1. The first-order valence-corrected chi connectivity index (χ1v) is 10.4. The first-order chi connectivity index (χ1) is 15.1. The van der Waals surface area contributed by atoms with E-state index >= 15 is 4.39 Å². The van der Waals surface area contributed by atoms with Crippen LogP contribution in [-0.4, -0.2) is 47.2 Å². The second-order valence-electron chi connectivity index (χ2n) is 7.69.